The van der Waals surface area contributed by atoms with Gasteiger partial charge in [0, 0.05) is 6.92 Å². The average molecular weight is 141 g/mol. The second-order valence-corrected chi connectivity index (χ2v) is 2.76. The van der Waals surface area contributed by atoms with Crippen LogP contribution >= 0.6 is 0 Å². The van der Waals surface area contributed by atoms with Crippen molar-refractivity contribution >= 4 is 5.90 Å². The Morgan fingerprint density at radius 3 is 3.00 bits per heavy atom. The highest BCUT2D eigenvalue weighted by Gasteiger charge is 2.13. The zero-order valence-electron chi connectivity index (χ0n) is 6.76. The molecule has 0 amide bonds. The van der Waals surface area contributed by atoms with Gasteiger partial charge in [0.1, 0.15) is 6.61 Å². The molecule has 1 aliphatic heterocycles. The summed E-state index contributed by atoms with van der Waals surface area (Å²) in [5, 5.41) is 0. The fourth-order valence-corrected chi connectivity index (χ4v) is 1.14. The maximum Gasteiger partial charge on any atom is 0.180 e. The minimum absolute atomic E-state index is 0.458. The van der Waals surface area contributed by atoms with Crippen LogP contribution in [0.15, 0.2) is 4.99 Å². The Hall–Kier alpha value is -0.530. The fourth-order valence-electron chi connectivity index (χ4n) is 1.14. The molecule has 0 radical (unpaired) electrons. The number of hydrogen-bond donors (Lipinski definition) is 0. The summed E-state index contributed by atoms with van der Waals surface area (Å²) < 4.78 is 5.21. The summed E-state index contributed by atoms with van der Waals surface area (Å²) in [6.07, 6.45) is 3.71. The molecule has 0 bridgehead atoms. The van der Waals surface area contributed by atoms with Crippen molar-refractivity contribution in [3.8, 4) is 0 Å². The highest BCUT2D eigenvalue weighted by Crippen LogP contribution is 2.10. The molecule has 0 aliphatic carbocycles. The molecule has 1 rings (SSSR count). The van der Waals surface area contributed by atoms with E-state index >= 15 is 0 Å². The quantitative estimate of drug-likeness (QED) is 0.589. The molecule has 0 saturated carbocycles. The second-order valence-electron chi connectivity index (χ2n) is 2.76. The van der Waals surface area contributed by atoms with Crippen molar-refractivity contribution in [2.24, 2.45) is 4.99 Å². The summed E-state index contributed by atoms with van der Waals surface area (Å²) >= 11 is 0. The topological polar surface area (TPSA) is 21.6 Å². The molecule has 58 valence electrons. The second kappa shape index (κ2) is 3.59. The lowest BCUT2D eigenvalue weighted by Gasteiger charge is -2.01. The zero-order chi connectivity index (χ0) is 7.40. The fraction of sp³-hybridized carbons (Fsp3) is 0.875. The maximum atomic E-state index is 5.21. The normalized spacial score (nSPS) is 24.2. The van der Waals surface area contributed by atoms with Crippen molar-refractivity contribution in [2.75, 3.05) is 6.61 Å². The predicted molar refractivity (Wildman–Crippen MR) is 42.4 cm³/mol. The van der Waals surface area contributed by atoms with E-state index in [1.54, 1.807) is 0 Å². The van der Waals surface area contributed by atoms with E-state index in [0.717, 1.165) is 12.5 Å². The summed E-state index contributed by atoms with van der Waals surface area (Å²) in [6, 6.07) is 0.458. The number of rotatable bonds is 3. The third-order valence-corrected chi connectivity index (χ3v) is 1.74. The lowest BCUT2D eigenvalue weighted by molar-refractivity contribution is 0.307. The van der Waals surface area contributed by atoms with Gasteiger partial charge in [-0.25, -0.2) is 4.99 Å². The molecule has 1 heterocycles. The lowest BCUT2D eigenvalue weighted by Crippen LogP contribution is -2.05. The van der Waals surface area contributed by atoms with Crippen LogP contribution in [-0.2, 0) is 4.74 Å². The van der Waals surface area contributed by atoms with Crippen LogP contribution in [-0.4, -0.2) is 18.5 Å². The molecule has 1 aliphatic rings. The Bertz CT molecular complexity index is 131. The summed E-state index contributed by atoms with van der Waals surface area (Å²) in [4.78, 5) is 4.32. The average Bonchev–Trinajstić information content (AvgIpc) is 2.31. The third kappa shape index (κ3) is 2.01. The zero-order valence-corrected chi connectivity index (χ0v) is 6.76. The van der Waals surface area contributed by atoms with Crippen LogP contribution in [0, 0.1) is 0 Å². The van der Waals surface area contributed by atoms with Gasteiger partial charge in [0.2, 0.25) is 0 Å². The van der Waals surface area contributed by atoms with Gasteiger partial charge >= 0.3 is 0 Å². The Balaban J connectivity index is 2.18. The smallest absolute Gasteiger partial charge is 0.180 e. The van der Waals surface area contributed by atoms with Crippen molar-refractivity contribution in [3.63, 3.8) is 0 Å². The molecule has 0 spiro atoms. The first-order valence-corrected chi connectivity index (χ1v) is 4.00. The van der Waals surface area contributed by atoms with Gasteiger partial charge in [-0.05, 0) is 6.42 Å². The molecule has 0 saturated heterocycles. The first-order chi connectivity index (χ1) is 4.83. The summed E-state index contributed by atoms with van der Waals surface area (Å²) in [6.45, 7) is 4.93. The Morgan fingerprint density at radius 1 is 1.70 bits per heavy atom. The Morgan fingerprint density at radius 2 is 2.50 bits per heavy atom. The molecule has 0 fully saturated rings. The predicted octanol–water partition coefficient (Wildman–Crippen LogP) is 1.99. The van der Waals surface area contributed by atoms with Gasteiger partial charge in [-0.2, -0.15) is 0 Å². The van der Waals surface area contributed by atoms with Crippen LogP contribution in [0.2, 0.25) is 0 Å². The standard InChI is InChI=1S/C8H15NO/c1-3-4-5-8-6-10-7(2)9-8/h8H,3-6H2,1-2H3/t8-/m1/s1. The van der Waals surface area contributed by atoms with Crippen molar-refractivity contribution in [3.05, 3.63) is 0 Å². The highest BCUT2D eigenvalue weighted by molar-refractivity contribution is 5.74. The largest absolute Gasteiger partial charge is 0.479 e. The first-order valence-electron chi connectivity index (χ1n) is 4.00. The van der Waals surface area contributed by atoms with Gasteiger partial charge in [-0.3, -0.25) is 0 Å². The Labute approximate surface area is 62.3 Å². The third-order valence-electron chi connectivity index (χ3n) is 1.74. The number of nitrogens with zero attached hydrogens (tertiary/aromatic N) is 1. The van der Waals surface area contributed by atoms with Gasteiger partial charge in [-0.1, -0.05) is 19.8 Å². The highest BCUT2D eigenvalue weighted by atomic mass is 16.5. The molecule has 0 aromatic rings. The van der Waals surface area contributed by atoms with Crippen LogP contribution in [0.1, 0.15) is 33.1 Å². The van der Waals surface area contributed by atoms with E-state index in [9.17, 15) is 0 Å². The van der Waals surface area contributed by atoms with E-state index in [0.29, 0.717) is 6.04 Å². The van der Waals surface area contributed by atoms with Gasteiger partial charge < -0.3 is 4.74 Å². The molecule has 10 heavy (non-hydrogen) atoms. The van der Waals surface area contributed by atoms with Gasteiger partial charge in [0.05, 0.1) is 6.04 Å². The Kier molecular flexibility index (Phi) is 2.72. The van der Waals surface area contributed by atoms with Crippen LogP contribution < -0.4 is 0 Å². The molecule has 2 nitrogen and oxygen atoms in total. The molecular weight excluding hydrogens is 126 g/mol. The molecule has 2 heteroatoms. The van der Waals surface area contributed by atoms with Crippen LogP contribution in [0.3, 0.4) is 0 Å². The molecule has 0 unspecified atom stereocenters. The van der Waals surface area contributed by atoms with E-state index in [4.69, 9.17) is 4.74 Å². The van der Waals surface area contributed by atoms with Crippen molar-refractivity contribution < 1.29 is 4.74 Å². The van der Waals surface area contributed by atoms with Crippen molar-refractivity contribution in [1.29, 1.82) is 0 Å². The molecule has 0 aromatic heterocycles. The maximum absolute atomic E-state index is 5.21. The van der Waals surface area contributed by atoms with E-state index in [1.807, 2.05) is 6.92 Å². The van der Waals surface area contributed by atoms with Crippen LogP contribution in [0.4, 0.5) is 0 Å². The number of aliphatic imine (C=N–C) groups is 1. The van der Waals surface area contributed by atoms with Crippen molar-refractivity contribution in [2.45, 2.75) is 39.2 Å². The molecule has 0 aromatic carbocycles. The number of ether oxygens (including phenoxy) is 1. The van der Waals surface area contributed by atoms with Crippen LogP contribution in [0.5, 0.6) is 0 Å². The molecular formula is C8H15NO. The monoisotopic (exact) mass is 141 g/mol. The molecule has 0 N–H and O–H groups in total. The summed E-state index contributed by atoms with van der Waals surface area (Å²) in [5.41, 5.74) is 0. The van der Waals surface area contributed by atoms with E-state index in [2.05, 4.69) is 11.9 Å². The minimum Gasteiger partial charge on any atom is -0.479 e. The first kappa shape index (κ1) is 7.58. The number of unbranched alkanes of at least 4 members (excludes halogenated alkanes) is 1. The van der Waals surface area contributed by atoms with E-state index in [-0.39, 0.29) is 0 Å². The van der Waals surface area contributed by atoms with E-state index < -0.39 is 0 Å². The number of hydrogen-bond acceptors (Lipinski definition) is 2. The summed E-state index contributed by atoms with van der Waals surface area (Å²) in [5.74, 6) is 0.862. The van der Waals surface area contributed by atoms with Crippen LogP contribution in [0.25, 0.3) is 0 Å². The molecule has 1 atom stereocenters. The van der Waals surface area contributed by atoms with E-state index in [1.165, 1.54) is 19.3 Å². The van der Waals surface area contributed by atoms with Crippen molar-refractivity contribution in [1.82, 2.24) is 0 Å². The SMILES string of the molecule is CCCC[C@@H]1COC(C)=N1. The lowest BCUT2D eigenvalue weighted by atomic mass is 10.1. The van der Waals surface area contributed by atoms with Gasteiger partial charge in [0.15, 0.2) is 5.90 Å². The summed E-state index contributed by atoms with van der Waals surface area (Å²) in [7, 11) is 0. The van der Waals surface area contributed by atoms with Gasteiger partial charge in [-0.15, -0.1) is 0 Å². The van der Waals surface area contributed by atoms with Gasteiger partial charge in [0.25, 0.3) is 0 Å². The minimum atomic E-state index is 0.458.